The molecular formula is C17H18FNO. The van der Waals surface area contributed by atoms with Crippen molar-refractivity contribution in [1.29, 1.82) is 0 Å². The number of nitrogens with two attached hydrogens (primary N) is 1. The van der Waals surface area contributed by atoms with Gasteiger partial charge in [0.15, 0.2) is 0 Å². The highest BCUT2D eigenvalue weighted by molar-refractivity contribution is 5.76. The molecule has 0 aromatic heterocycles. The summed E-state index contributed by atoms with van der Waals surface area (Å²) in [7, 11) is 0. The summed E-state index contributed by atoms with van der Waals surface area (Å²) in [6.07, 6.45) is 1.56. The number of amides is 1. The van der Waals surface area contributed by atoms with Gasteiger partial charge in [-0.05, 0) is 41.7 Å². The predicted molar refractivity (Wildman–Crippen MR) is 78.5 cm³/mol. The zero-order valence-electron chi connectivity index (χ0n) is 11.5. The van der Waals surface area contributed by atoms with E-state index in [0.29, 0.717) is 0 Å². The lowest BCUT2D eigenvalue weighted by Gasteiger charge is -2.08. The Kier molecular flexibility index (Phi) is 4.51. The van der Waals surface area contributed by atoms with Crippen molar-refractivity contribution in [2.75, 3.05) is 0 Å². The Balaban J connectivity index is 2.05. The zero-order valence-corrected chi connectivity index (χ0v) is 11.5. The summed E-state index contributed by atoms with van der Waals surface area (Å²) >= 11 is 0. The van der Waals surface area contributed by atoms with E-state index in [4.69, 9.17) is 5.73 Å². The van der Waals surface area contributed by atoms with Crippen LogP contribution in [-0.4, -0.2) is 5.91 Å². The third kappa shape index (κ3) is 3.67. The van der Waals surface area contributed by atoms with Crippen molar-refractivity contribution in [2.24, 2.45) is 11.7 Å². The van der Waals surface area contributed by atoms with Crippen molar-refractivity contribution in [3.8, 4) is 11.1 Å². The van der Waals surface area contributed by atoms with Crippen molar-refractivity contribution < 1.29 is 9.18 Å². The van der Waals surface area contributed by atoms with Gasteiger partial charge in [-0.1, -0.05) is 43.3 Å². The molecule has 2 aromatic rings. The fourth-order valence-electron chi connectivity index (χ4n) is 2.06. The van der Waals surface area contributed by atoms with Crippen LogP contribution in [0.4, 0.5) is 4.39 Å². The molecule has 3 heteroatoms. The lowest BCUT2D eigenvalue weighted by Crippen LogP contribution is -2.20. The van der Waals surface area contributed by atoms with E-state index in [1.54, 1.807) is 6.07 Å². The molecule has 2 aromatic carbocycles. The first-order valence-electron chi connectivity index (χ1n) is 6.70. The van der Waals surface area contributed by atoms with Crippen molar-refractivity contribution in [3.63, 3.8) is 0 Å². The number of hydrogen-bond acceptors (Lipinski definition) is 1. The molecule has 1 amide bonds. The Bertz CT molecular complexity index is 592. The first-order valence-corrected chi connectivity index (χ1v) is 6.70. The van der Waals surface area contributed by atoms with E-state index in [1.165, 1.54) is 12.1 Å². The molecule has 0 unspecified atom stereocenters. The molecule has 0 radical (unpaired) electrons. The molecule has 0 heterocycles. The molecule has 0 aliphatic heterocycles. The van der Waals surface area contributed by atoms with Crippen molar-refractivity contribution in [1.82, 2.24) is 0 Å². The minimum absolute atomic E-state index is 0.113. The van der Waals surface area contributed by atoms with E-state index in [1.807, 2.05) is 37.3 Å². The van der Waals surface area contributed by atoms with Crippen LogP contribution in [0.5, 0.6) is 0 Å². The van der Waals surface area contributed by atoms with Crippen molar-refractivity contribution >= 4 is 5.91 Å². The summed E-state index contributed by atoms with van der Waals surface area (Å²) in [4.78, 5) is 11.0. The third-order valence-corrected chi connectivity index (χ3v) is 3.46. The van der Waals surface area contributed by atoms with E-state index in [2.05, 4.69) is 0 Å². The Morgan fingerprint density at radius 2 is 1.85 bits per heavy atom. The number of hydrogen-bond donors (Lipinski definition) is 1. The van der Waals surface area contributed by atoms with E-state index < -0.39 is 0 Å². The fourth-order valence-corrected chi connectivity index (χ4v) is 2.06. The fraction of sp³-hybridized carbons (Fsp3) is 0.235. The van der Waals surface area contributed by atoms with Crippen LogP contribution in [0.15, 0.2) is 48.5 Å². The molecule has 0 saturated heterocycles. The van der Waals surface area contributed by atoms with Gasteiger partial charge in [-0.2, -0.15) is 0 Å². The Hall–Kier alpha value is -2.16. The summed E-state index contributed by atoms with van der Waals surface area (Å²) in [5, 5.41) is 0. The molecule has 20 heavy (non-hydrogen) atoms. The zero-order chi connectivity index (χ0) is 14.5. The molecule has 0 aliphatic rings. The van der Waals surface area contributed by atoms with Gasteiger partial charge in [0.25, 0.3) is 0 Å². The standard InChI is InChI=1S/C17H18FNO/c1-12(17(19)20)5-6-13-7-9-14(10-8-13)15-3-2-4-16(18)11-15/h2-4,7-12H,5-6H2,1H3,(H2,19,20)/t12-/m1/s1. The van der Waals surface area contributed by atoms with Gasteiger partial charge in [0.05, 0.1) is 0 Å². The molecule has 0 bridgehead atoms. The molecule has 1 atom stereocenters. The molecule has 0 aliphatic carbocycles. The van der Waals surface area contributed by atoms with Crippen LogP contribution < -0.4 is 5.73 Å². The van der Waals surface area contributed by atoms with Crippen LogP contribution in [-0.2, 0) is 11.2 Å². The van der Waals surface area contributed by atoms with Gasteiger partial charge in [0, 0.05) is 5.92 Å². The highest BCUT2D eigenvalue weighted by Gasteiger charge is 2.08. The van der Waals surface area contributed by atoms with Crippen LogP contribution in [0.2, 0.25) is 0 Å². The van der Waals surface area contributed by atoms with Crippen LogP contribution >= 0.6 is 0 Å². The summed E-state index contributed by atoms with van der Waals surface area (Å²) in [5.74, 6) is -0.610. The molecular weight excluding hydrogens is 253 g/mol. The maximum Gasteiger partial charge on any atom is 0.220 e. The smallest absolute Gasteiger partial charge is 0.220 e. The summed E-state index contributed by atoms with van der Waals surface area (Å²) in [6.45, 7) is 1.84. The van der Waals surface area contributed by atoms with Gasteiger partial charge >= 0.3 is 0 Å². The number of halogens is 1. The maximum absolute atomic E-state index is 13.2. The SMILES string of the molecule is C[C@H](CCc1ccc(-c2cccc(F)c2)cc1)C(N)=O. The number of benzene rings is 2. The Morgan fingerprint density at radius 3 is 2.45 bits per heavy atom. The van der Waals surface area contributed by atoms with Gasteiger partial charge in [-0.25, -0.2) is 4.39 Å². The monoisotopic (exact) mass is 271 g/mol. The predicted octanol–water partition coefficient (Wildman–Crippen LogP) is 3.55. The highest BCUT2D eigenvalue weighted by atomic mass is 19.1. The third-order valence-electron chi connectivity index (χ3n) is 3.46. The topological polar surface area (TPSA) is 43.1 Å². The van der Waals surface area contributed by atoms with E-state index in [0.717, 1.165) is 29.5 Å². The largest absolute Gasteiger partial charge is 0.369 e. The first kappa shape index (κ1) is 14.3. The molecule has 2 nitrogen and oxygen atoms in total. The van der Waals surface area contributed by atoms with Crippen LogP contribution in [0.3, 0.4) is 0 Å². The molecule has 104 valence electrons. The summed E-state index contributed by atoms with van der Waals surface area (Å²) < 4.78 is 13.2. The Labute approximate surface area is 118 Å². The molecule has 0 spiro atoms. The van der Waals surface area contributed by atoms with E-state index in [9.17, 15) is 9.18 Å². The number of carbonyl (C=O) groups excluding carboxylic acids is 1. The van der Waals surface area contributed by atoms with Gasteiger partial charge in [-0.15, -0.1) is 0 Å². The second-order valence-corrected chi connectivity index (χ2v) is 5.05. The van der Waals surface area contributed by atoms with E-state index in [-0.39, 0.29) is 17.6 Å². The van der Waals surface area contributed by atoms with Crippen LogP contribution in [0.25, 0.3) is 11.1 Å². The van der Waals surface area contributed by atoms with Gasteiger partial charge in [0.2, 0.25) is 5.91 Å². The van der Waals surface area contributed by atoms with Crippen molar-refractivity contribution in [3.05, 3.63) is 59.9 Å². The lowest BCUT2D eigenvalue weighted by molar-refractivity contribution is -0.121. The quantitative estimate of drug-likeness (QED) is 0.888. The van der Waals surface area contributed by atoms with Crippen LogP contribution in [0.1, 0.15) is 18.9 Å². The van der Waals surface area contributed by atoms with Gasteiger partial charge in [0.1, 0.15) is 5.82 Å². The number of aryl methyl sites for hydroxylation is 1. The lowest BCUT2D eigenvalue weighted by atomic mass is 9.98. The van der Waals surface area contributed by atoms with Crippen LogP contribution in [0, 0.1) is 11.7 Å². The number of rotatable bonds is 5. The van der Waals surface area contributed by atoms with Gasteiger partial charge in [-0.3, -0.25) is 4.79 Å². The average Bonchev–Trinajstić information content (AvgIpc) is 2.45. The number of primary amides is 1. The highest BCUT2D eigenvalue weighted by Crippen LogP contribution is 2.21. The normalized spacial score (nSPS) is 12.1. The first-order chi connectivity index (χ1) is 9.56. The van der Waals surface area contributed by atoms with Crippen molar-refractivity contribution in [2.45, 2.75) is 19.8 Å². The molecule has 2 rings (SSSR count). The Morgan fingerprint density at radius 1 is 1.15 bits per heavy atom. The maximum atomic E-state index is 13.2. The average molecular weight is 271 g/mol. The molecule has 2 N–H and O–H groups in total. The molecule has 0 saturated carbocycles. The minimum atomic E-state index is -0.263. The number of carbonyl (C=O) groups is 1. The van der Waals surface area contributed by atoms with Gasteiger partial charge < -0.3 is 5.73 Å². The molecule has 0 fully saturated rings. The minimum Gasteiger partial charge on any atom is -0.369 e. The summed E-state index contributed by atoms with van der Waals surface area (Å²) in [5.41, 5.74) is 8.24. The van der Waals surface area contributed by atoms with E-state index >= 15 is 0 Å². The summed E-state index contributed by atoms with van der Waals surface area (Å²) in [6, 6.07) is 14.5. The second kappa shape index (κ2) is 6.33. The second-order valence-electron chi connectivity index (χ2n) is 5.05.